The molecule has 1 aliphatic rings. The Kier molecular flexibility index (Phi) is 12.3. The molecule has 0 bridgehead atoms. The van der Waals surface area contributed by atoms with Crippen LogP contribution in [0.15, 0.2) is 73.1 Å². The van der Waals surface area contributed by atoms with Gasteiger partial charge >= 0.3 is 0 Å². The second-order valence-corrected chi connectivity index (χ2v) is 13.6. The summed E-state index contributed by atoms with van der Waals surface area (Å²) in [6.07, 6.45) is 5.73. The minimum absolute atomic E-state index is 0.0338. The molecule has 2 aromatic heterocycles. The molecule has 4 aromatic carbocycles. The lowest BCUT2D eigenvalue weighted by molar-refractivity contribution is 0.0974. The third-order valence-corrected chi connectivity index (χ3v) is 9.94. The first kappa shape index (κ1) is 39.5. The Balaban J connectivity index is 0.000000190. The zero-order valence-electron chi connectivity index (χ0n) is 33.0. The first-order valence-electron chi connectivity index (χ1n) is 18.8. The lowest BCUT2D eigenvalue weighted by Crippen LogP contribution is -2.07. The van der Waals surface area contributed by atoms with Crippen molar-refractivity contribution in [3.05, 3.63) is 106 Å². The van der Waals surface area contributed by atoms with Crippen molar-refractivity contribution in [1.29, 1.82) is 0 Å². The SMILES string of the molecule is CCCC(=O)c1cnc2c(OC)cccc2c1Nc1c(C)cc2c(c1C)OCO2.CCCC(=O)c1cnc2c(OC)cccc2c1Nc1cccc(CO)c1C. The van der Waals surface area contributed by atoms with E-state index >= 15 is 0 Å². The van der Waals surface area contributed by atoms with E-state index in [1.54, 1.807) is 26.6 Å². The molecule has 0 saturated carbocycles. The number of pyridine rings is 2. The van der Waals surface area contributed by atoms with Gasteiger partial charge in [-0.3, -0.25) is 19.6 Å². The smallest absolute Gasteiger partial charge is 0.231 e. The molecule has 7 rings (SSSR count). The van der Waals surface area contributed by atoms with Gasteiger partial charge in [0, 0.05) is 52.9 Å². The third-order valence-electron chi connectivity index (χ3n) is 9.94. The number of carbonyl (C=O) groups is 2. The molecule has 1 aliphatic heterocycles. The highest BCUT2D eigenvalue weighted by molar-refractivity contribution is 6.11. The van der Waals surface area contributed by atoms with Crippen molar-refractivity contribution in [1.82, 2.24) is 9.97 Å². The Morgan fingerprint density at radius 1 is 0.732 bits per heavy atom. The van der Waals surface area contributed by atoms with Crippen LogP contribution in [-0.2, 0) is 6.61 Å². The summed E-state index contributed by atoms with van der Waals surface area (Å²) in [5.41, 5.74) is 9.49. The van der Waals surface area contributed by atoms with E-state index in [2.05, 4.69) is 20.6 Å². The maximum absolute atomic E-state index is 12.9. The third kappa shape index (κ3) is 7.81. The predicted molar refractivity (Wildman–Crippen MR) is 221 cm³/mol. The Bertz CT molecular complexity index is 2430. The maximum atomic E-state index is 12.9. The summed E-state index contributed by atoms with van der Waals surface area (Å²) in [5.74, 6) is 2.91. The summed E-state index contributed by atoms with van der Waals surface area (Å²) in [6, 6.07) is 19.1. The molecule has 290 valence electrons. The van der Waals surface area contributed by atoms with E-state index in [0.717, 1.165) is 80.1 Å². The zero-order valence-corrected chi connectivity index (χ0v) is 33.0. The molecule has 3 N–H and O–H groups in total. The summed E-state index contributed by atoms with van der Waals surface area (Å²) in [4.78, 5) is 34.6. The Hall–Kier alpha value is -6.20. The number of aryl methyl sites for hydroxylation is 1. The van der Waals surface area contributed by atoms with Gasteiger partial charge in [-0.05, 0) is 74.6 Å². The van der Waals surface area contributed by atoms with E-state index in [0.29, 0.717) is 46.5 Å². The van der Waals surface area contributed by atoms with Gasteiger partial charge in [0.15, 0.2) is 23.1 Å². The van der Waals surface area contributed by atoms with Crippen molar-refractivity contribution in [2.75, 3.05) is 31.6 Å². The summed E-state index contributed by atoms with van der Waals surface area (Å²) >= 11 is 0. The number of ketones is 2. The van der Waals surface area contributed by atoms with E-state index in [-0.39, 0.29) is 25.0 Å². The lowest BCUT2D eigenvalue weighted by atomic mass is 10.0. The number of nitrogens with zero attached hydrogens (tertiary/aromatic N) is 2. The average Bonchev–Trinajstić information content (AvgIpc) is 3.68. The van der Waals surface area contributed by atoms with Crippen molar-refractivity contribution in [2.24, 2.45) is 0 Å². The molecule has 0 atom stereocenters. The second-order valence-electron chi connectivity index (χ2n) is 13.6. The molecule has 56 heavy (non-hydrogen) atoms. The van der Waals surface area contributed by atoms with Gasteiger partial charge < -0.3 is 34.7 Å². The second kappa shape index (κ2) is 17.5. The van der Waals surface area contributed by atoms with Gasteiger partial charge in [-0.25, -0.2) is 0 Å². The molecular weight excluding hydrogens is 709 g/mol. The van der Waals surface area contributed by atoms with Crippen LogP contribution in [0.3, 0.4) is 0 Å². The topological polar surface area (TPSA) is 141 Å². The first-order chi connectivity index (χ1) is 27.1. The van der Waals surface area contributed by atoms with Gasteiger partial charge in [-0.1, -0.05) is 50.2 Å². The number of rotatable bonds is 13. The highest BCUT2D eigenvalue weighted by Gasteiger charge is 2.24. The largest absolute Gasteiger partial charge is 0.494 e. The molecule has 0 unspecified atom stereocenters. The number of aromatic nitrogens is 2. The number of aliphatic hydroxyl groups is 1. The number of ether oxygens (including phenoxy) is 4. The van der Waals surface area contributed by atoms with Crippen LogP contribution < -0.4 is 29.6 Å². The highest BCUT2D eigenvalue weighted by atomic mass is 16.7. The summed E-state index contributed by atoms with van der Waals surface area (Å²) in [5, 5.41) is 18.2. The number of nitrogens with one attached hydrogen (secondary N) is 2. The number of para-hydroxylation sites is 2. The van der Waals surface area contributed by atoms with Crippen LogP contribution in [0.25, 0.3) is 21.8 Å². The summed E-state index contributed by atoms with van der Waals surface area (Å²) in [7, 11) is 3.22. The normalized spacial score (nSPS) is 11.6. The first-order valence-corrected chi connectivity index (χ1v) is 18.8. The number of benzene rings is 4. The quantitative estimate of drug-likeness (QED) is 0.0970. The number of Topliss-reactive ketones (excluding diaryl/α,β-unsaturated/α-hetero) is 2. The summed E-state index contributed by atoms with van der Waals surface area (Å²) in [6.45, 7) is 10.1. The monoisotopic (exact) mass is 756 g/mol. The van der Waals surface area contributed by atoms with Gasteiger partial charge in [-0.15, -0.1) is 0 Å². The van der Waals surface area contributed by atoms with Crippen molar-refractivity contribution in [3.8, 4) is 23.0 Å². The fraction of sp³-hybridized carbons (Fsp3) is 0.289. The molecular formula is C45H48N4O7. The molecule has 11 heteroatoms. The molecule has 0 fully saturated rings. The van der Waals surface area contributed by atoms with Crippen molar-refractivity contribution in [2.45, 2.75) is 66.9 Å². The van der Waals surface area contributed by atoms with Crippen LogP contribution in [-0.4, -0.2) is 47.7 Å². The van der Waals surface area contributed by atoms with E-state index < -0.39 is 0 Å². The van der Waals surface area contributed by atoms with Gasteiger partial charge in [-0.2, -0.15) is 0 Å². The van der Waals surface area contributed by atoms with Crippen LogP contribution >= 0.6 is 0 Å². The minimum atomic E-state index is -0.0338. The van der Waals surface area contributed by atoms with Crippen LogP contribution in [0.4, 0.5) is 22.7 Å². The highest BCUT2D eigenvalue weighted by Crippen LogP contribution is 2.44. The van der Waals surface area contributed by atoms with Gasteiger partial charge in [0.2, 0.25) is 6.79 Å². The fourth-order valence-corrected chi connectivity index (χ4v) is 6.95. The standard InChI is InChI=1S/C23H24N2O4.C22H24N2O3/c1-5-7-17(26)16-11-24-22-15(8-6-9-18(22)27-4)21(16)25-20-13(2)10-19-23(14(20)3)29-12-28-19;1-4-7-19(26)17-12-23-22-16(9-6-11-20(22)27-3)21(17)24-18-10-5-8-15(13-25)14(18)2/h6,8-11H,5,7,12H2,1-4H3,(H,24,25);5-6,8-12,25H,4,7,13H2,1-3H3,(H,23,24). The molecule has 0 radical (unpaired) electrons. The molecule has 6 aromatic rings. The number of carbonyl (C=O) groups excluding carboxylic acids is 2. The molecule has 0 aliphatic carbocycles. The van der Waals surface area contributed by atoms with E-state index in [1.165, 1.54) is 0 Å². The van der Waals surface area contributed by atoms with Crippen molar-refractivity contribution in [3.63, 3.8) is 0 Å². The number of fused-ring (bicyclic) bond motifs is 3. The van der Waals surface area contributed by atoms with Crippen molar-refractivity contribution >= 4 is 56.1 Å². The number of methoxy groups -OCH3 is 2. The van der Waals surface area contributed by atoms with E-state index in [4.69, 9.17) is 18.9 Å². The fourth-order valence-electron chi connectivity index (χ4n) is 6.95. The molecule has 0 spiro atoms. The number of aliphatic hydroxyl groups excluding tert-OH is 1. The Morgan fingerprint density at radius 3 is 1.82 bits per heavy atom. The number of anilines is 4. The van der Waals surface area contributed by atoms with Gasteiger partial charge in [0.05, 0.1) is 43.3 Å². The summed E-state index contributed by atoms with van der Waals surface area (Å²) < 4.78 is 22.1. The van der Waals surface area contributed by atoms with E-state index in [9.17, 15) is 14.7 Å². The Labute approximate surface area is 327 Å². The van der Waals surface area contributed by atoms with Gasteiger partial charge in [0.25, 0.3) is 0 Å². The number of hydrogen-bond donors (Lipinski definition) is 3. The van der Waals surface area contributed by atoms with Crippen molar-refractivity contribution < 1.29 is 33.6 Å². The number of hydrogen-bond acceptors (Lipinski definition) is 11. The van der Waals surface area contributed by atoms with Crippen LogP contribution in [0.1, 0.15) is 82.5 Å². The minimum Gasteiger partial charge on any atom is -0.494 e. The predicted octanol–water partition coefficient (Wildman–Crippen LogP) is 10.1. The van der Waals surface area contributed by atoms with E-state index in [1.807, 2.05) is 95.3 Å². The zero-order chi connectivity index (χ0) is 39.9. The molecule has 3 heterocycles. The Morgan fingerprint density at radius 2 is 1.29 bits per heavy atom. The van der Waals surface area contributed by atoms with Crippen LogP contribution in [0, 0.1) is 20.8 Å². The lowest BCUT2D eigenvalue weighted by Gasteiger charge is -2.19. The molecule has 11 nitrogen and oxygen atoms in total. The maximum Gasteiger partial charge on any atom is 0.231 e. The van der Waals surface area contributed by atoms with Crippen LogP contribution in [0.5, 0.6) is 23.0 Å². The average molecular weight is 757 g/mol. The molecule has 0 saturated heterocycles. The molecule has 0 amide bonds. The van der Waals surface area contributed by atoms with Gasteiger partial charge in [0.1, 0.15) is 22.5 Å². The van der Waals surface area contributed by atoms with Crippen LogP contribution in [0.2, 0.25) is 0 Å².